The Morgan fingerprint density at radius 3 is 2.86 bits per heavy atom. The predicted octanol–water partition coefficient (Wildman–Crippen LogP) is 4.29. The summed E-state index contributed by atoms with van der Waals surface area (Å²) >= 11 is 12.2. The van der Waals surface area contributed by atoms with Crippen LogP contribution in [-0.4, -0.2) is 29.1 Å². The molecule has 0 amide bonds. The largest absolute Gasteiger partial charge is 0.385 e. The number of nitrogens with zero attached hydrogens (tertiary/aromatic N) is 2. The Bertz CT molecular complexity index is 634. The van der Waals surface area contributed by atoms with Crippen molar-refractivity contribution in [2.75, 3.05) is 19.6 Å². The van der Waals surface area contributed by atoms with Crippen molar-refractivity contribution in [1.82, 2.24) is 9.55 Å². The second-order valence-corrected chi connectivity index (χ2v) is 6.69. The summed E-state index contributed by atoms with van der Waals surface area (Å²) in [7, 11) is 1.77. The van der Waals surface area contributed by atoms with Gasteiger partial charge in [-0.15, -0.1) is 11.6 Å². The van der Waals surface area contributed by atoms with E-state index in [4.69, 9.17) is 32.9 Å². The number of aromatic nitrogens is 2. The van der Waals surface area contributed by atoms with Gasteiger partial charge in [-0.25, -0.2) is 4.98 Å². The van der Waals surface area contributed by atoms with Crippen LogP contribution in [0.3, 0.4) is 0 Å². The maximum Gasteiger partial charge on any atom is 0.111 e. The SMILES string of the molecule is COCCC1(Cn2c(CCCl)nc3c(Cl)cccc32)CC1. The summed E-state index contributed by atoms with van der Waals surface area (Å²) in [6.45, 7) is 1.80. The first-order valence-corrected chi connectivity index (χ1v) is 8.29. The summed E-state index contributed by atoms with van der Waals surface area (Å²) in [5, 5.41) is 0.712. The molecule has 3 nitrogen and oxygen atoms in total. The topological polar surface area (TPSA) is 27.1 Å². The normalized spacial score (nSPS) is 16.5. The smallest absolute Gasteiger partial charge is 0.111 e. The second kappa shape index (κ2) is 6.15. The number of para-hydroxylation sites is 1. The van der Waals surface area contributed by atoms with Crippen LogP contribution in [0.4, 0.5) is 0 Å². The lowest BCUT2D eigenvalue weighted by Crippen LogP contribution is -2.16. The molecule has 0 spiro atoms. The third kappa shape index (κ3) is 3.05. The maximum absolute atomic E-state index is 6.28. The number of hydrogen-bond acceptors (Lipinski definition) is 2. The van der Waals surface area contributed by atoms with Crippen LogP contribution in [0.1, 0.15) is 25.1 Å². The average Bonchev–Trinajstić information content (AvgIpc) is 3.16. The predicted molar refractivity (Wildman–Crippen MR) is 87.3 cm³/mol. The van der Waals surface area contributed by atoms with E-state index in [2.05, 4.69) is 10.6 Å². The zero-order valence-electron chi connectivity index (χ0n) is 12.2. The molecule has 114 valence electrons. The number of hydrogen-bond donors (Lipinski definition) is 0. The minimum atomic E-state index is 0.368. The molecule has 1 fully saturated rings. The highest BCUT2D eigenvalue weighted by Gasteiger charge is 2.43. The fraction of sp³-hybridized carbons (Fsp3) is 0.562. The molecule has 1 aliphatic carbocycles. The van der Waals surface area contributed by atoms with Crippen molar-refractivity contribution < 1.29 is 4.74 Å². The van der Waals surface area contributed by atoms with E-state index in [9.17, 15) is 0 Å². The van der Waals surface area contributed by atoms with Gasteiger partial charge in [-0.3, -0.25) is 0 Å². The Morgan fingerprint density at radius 2 is 2.19 bits per heavy atom. The first-order valence-electron chi connectivity index (χ1n) is 7.38. The molecule has 1 saturated carbocycles. The van der Waals surface area contributed by atoms with Gasteiger partial charge in [-0.2, -0.15) is 0 Å². The van der Waals surface area contributed by atoms with Crippen LogP contribution in [0.2, 0.25) is 5.02 Å². The van der Waals surface area contributed by atoms with E-state index < -0.39 is 0 Å². The summed E-state index contributed by atoms with van der Waals surface area (Å²) < 4.78 is 7.57. The van der Waals surface area contributed by atoms with Crippen molar-refractivity contribution in [1.29, 1.82) is 0 Å². The number of rotatable bonds is 7. The monoisotopic (exact) mass is 326 g/mol. The molecule has 0 bridgehead atoms. The third-order valence-electron chi connectivity index (χ3n) is 4.41. The molecule has 1 aromatic carbocycles. The van der Waals surface area contributed by atoms with Gasteiger partial charge in [0.2, 0.25) is 0 Å². The standard InChI is InChI=1S/C16H20Cl2N2O/c1-21-10-8-16(6-7-16)11-20-13-4-2-3-12(18)15(13)19-14(20)5-9-17/h2-4H,5-11H2,1H3. The number of imidazole rings is 1. The minimum Gasteiger partial charge on any atom is -0.385 e. The zero-order chi connectivity index (χ0) is 14.9. The van der Waals surface area contributed by atoms with Gasteiger partial charge in [-0.05, 0) is 36.8 Å². The van der Waals surface area contributed by atoms with E-state index in [0.29, 0.717) is 16.3 Å². The van der Waals surface area contributed by atoms with Crippen LogP contribution in [0.25, 0.3) is 11.0 Å². The first-order chi connectivity index (χ1) is 10.2. The second-order valence-electron chi connectivity index (χ2n) is 5.90. The van der Waals surface area contributed by atoms with E-state index in [0.717, 1.165) is 42.9 Å². The van der Waals surface area contributed by atoms with Gasteiger partial charge in [0.15, 0.2) is 0 Å². The van der Waals surface area contributed by atoms with Crippen LogP contribution >= 0.6 is 23.2 Å². The highest BCUT2D eigenvalue weighted by Crippen LogP contribution is 2.50. The van der Waals surface area contributed by atoms with E-state index in [-0.39, 0.29) is 0 Å². The van der Waals surface area contributed by atoms with Gasteiger partial charge in [0.1, 0.15) is 11.3 Å². The Kier molecular flexibility index (Phi) is 4.43. The summed E-state index contributed by atoms with van der Waals surface area (Å²) in [5.74, 6) is 1.61. The highest BCUT2D eigenvalue weighted by atomic mass is 35.5. The quantitative estimate of drug-likeness (QED) is 0.710. The molecule has 3 rings (SSSR count). The van der Waals surface area contributed by atoms with Crippen LogP contribution in [0.15, 0.2) is 18.2 Å². The highest BCUT2D eigenvalue weighted by molar-refractivity contribution is 6.34. The lowest BCUT2D eigenvalue weighted by molar-refractivity contribution is 0.167. The van der Waals surface area contributed by atoms with Gasteiger partial charge < -0.3 is 9.30 Å². The number of methoxy groups -OCH3 is 1. The van der Waals surface area contributed by atoms with E-state index in [1.54, 1.807) is 7.11 Å². The maximum atomic E-state index is 6.28. The average molecular weight is 327 g/mol. The lowest BCUT2D eigenvalue weighted by atomic mass is 10.0. The van der Waals surface area contributed by atoms with Crippen LogP contribution in [0, 0.1) is 5.41 Å². The number of ether oxygens (including phenoxy) is 1. The summed E-state index contributed by atoms with van der Waals surface area (Å²) in [6.07, 6.45) is 4.39. The number of benzene rings is 1. The molecule has 0 aliphatic heterocycles. The van der Waals surface area contributed by atoms with Gasteiger partial charge in [0.25, 0.3) is 0 Å². The summed E-state index contributed by atoms with van der Waals surface area (Å²) in [4.78, 5) is 4.71. The molecule has 0 N–H and O–H groups in total. The first kappa shape index (κ1) is 15.1. The molecule has 0 atom stereocenters. The Balaban J connectivity index is 1.96. The Labute approximate surface area is 135 Å². The van der Waals surface area contributed by atoms with Crippen molar-refractivity contribution >= 4 is 34.2 Å². The van der Waals surface area contributed by atoms with Crippen molar-refractivity contribution in [3.63, 3.8) is 0 Å². The Morgan fingerprint density at radius 1 is 1.38 bits per heavy atom. The molecule has 0 radical (unpaired) electrons. The fourth-order valence-corrected chi connectivity index (χ4v) is 3.31. The lowest BCUT2D eigenvalue weighted by Gasteiger charge is -2.18. The molecule has 1 aromatic heterocycles. The Hall–Kier alpha value is -0.770. The molecular formula is C16H20Cl2N2O. The van der Waals surface area contributed by atoms with Crippen molar-refractivity contribution in [3.8, 4) is 0 Å². The van der Waals surface area contributed by atoms with Crippen LogP contribution in [0.5, 0.6) is 0 Å². The number of alkyl halides is 1. The zero-order valence-corrected chi connectivity index (χ0v) is 13.8. The van der Waals surface area contributed by atoms with Gasteiger partial charge in [-0.1, -0.05) is 17.7 Å². The van der Waals surface area contributed by atoms with Gasteiger partial charge >= 0.3 is 0 Å². The molecular weight excluding hydrogens is 307 g/mol. The van der Waals surface area contributed by atoms with Crippen molar-refractivity contribution in [2.24, 2.45) is 5.41 Å². The molecule has 2 aromatic rings. The number of halogens is 2. The molecule has 1 heterocycles. The third-order valence-corrected chi connectivity index (χ3v) is 4.91. The molecule has 5 heteroatoms. The van der Waals surface area contributed by atoms with E-state index in [1.807, 2.05) is 12.1 Å². The van der Waals surface area contributed by atoms with Gasteiger partial charge in [0.05, 0.1) is 10.5 Å². The molecule has 1 aliphatic rings. The van der Waals surface area contributed by atoms with Crippen LogP contribution < -0.4 is 0 Å². The van der Waals surface area contributed by atoms with Crippen molar-refractivity contribution in [2.45, 2.75) is 32.2 Å². The number of fused-ring (bicyclic) bond motifs is 1. The minimum absolute atomic E-state index is 0.368. The summed E-state index contributed by atoms with van der Waals surface area (Å²) in [6, 6.07) is 5.98. The van der Waals surface area contributed by atoms with E-state index >= 15 is 0 Å². The fourth-order valence-electron chi connectivity index (χ4n) is 2.93. The number of aryl methyl sites for hydroxylation is 1. The van der Waals surface area contributed by atoms with Crippen molar-refractivity contribution in [3.05, 3.63) is 29.0 Å². The van der Waals surface area contributed by atoms with E-state index in [1.165, 1.54) is 12.8 Å². The molecule has 0 saturated heterocycles. The molecule has 0 unspecified atom stereocenters. The van der Waals surface area contributed by atoms with Gasteiger partial charge in [0, 0.05) is 32.6 Å². The summed E-state index contributed by atoms with van der Waals surface area (Å²) in [5.41, 5.74) is 2.38. The molecule has 21 heavy (non-hydrogen) atoms. The van der Waals surface area contributed by atoms with Crippen LogP contribution in [-0.2, 0) is 17.7 Å².